The van der Waals surface area contributed by atoms with Crippen LogP contribution >= 0.6 is 0 Å². The van der Waals surface area contributed by atoms with Crippen LogP contribution in [0.1, 0.15) is 28.4 Å². The number of rotatable bonds is 4. The molecule has 0 aliphatic heterocycles. The molecule has 0 fully saturated rings. The van der Waals surface area contributed by atoms with Crippen LogP contribution in [0.2, 0.25) is 0 Å². The number of hydrogen-bond acceptors (Lipinski definition) is 1. The molecule has 0 amide bonds. The average Bonchev–Trinajstić information content (AvgIpc) is 2.45. The lowest BCUT2D eigenvalue weighted by molar-refractivity contribution is 0.104. The van der Waals surface area contributed by atoms with Crippen molar-refractivity contribution in [2.24, 2.45) is 0 Å². The van der Waals surface area contributed by atoms with E-state index in [-0.39, 0.29) is 0 Å². The first-order chi connectivity index (χ1) is 9.61. The van der Waals surface area contributed by atoms with E-state index in [1.807, 2.05) is 24.3 Å². The van der Waals surface area contributed by atoms with Crippen LogP contribution in [0.3, 0.4) is 0 Å². The van der Waals surface area contributed by atoms with Gasteiger partial charge < -0.3 is 0 Å². The smallest absolute Gasteiger partial charge is 0.191 e. The van der Waals surface area contributed by atoms with Crippen LogP contribution in [0.4, 0.5) is 8.78 Å². The first-order valence-electron chi connectivity index (χ1n) is 6.37. The highest BCUT2D eigenvalue weighted by Gasteiger charge is 2.14. The Morgan fingerprint density at radius 2 is 1.65 bits per heavy atom. The second kappa shape index (κ2) is 6.24. The third-order valence-electron chi connectivity index (χ3n) is 3.02. The zero-order valence-electron chi connectivity index (χ0n) is 11.1. The van der Waals surface area contributed by atoms with Gasteiger partial charge in [-0.3, -0.25) is 4.79 Å². The Balaban J connectivity index is 2.20. The summed E-state index contributed by atoms with van der Waals surface area (Å²) in [6, 6.07) is 11.0. The largest absolute Gasteiger partial charge is 0.289 e. The summed E-state index contributed by atoms with van der Waals surface area (Å²) in [6.07, 6.45) is 3.67. The molecule has 0 aliphatic carbocycles. The number of allylic oxidation sites excluding steroid dienone is 1. The Kier molecular flexibility index (Phi) is 4.41. The molecule has 0 atom stereocenters. The number of carbonyl (C=O) groups excluding carboxylic acids is 1. The zero-order chi connectivity index (χ0) is 14.5. The minimum atomic E-state index is -0.846. The first-order valence-corrected chi connectivity index (χ1v) is 6.37. The van der Waals surface area contributed by atoms with Crippen molar-refractivity contribution in [3.05, 3.63) is 76.9 Å². The minimum Gasteiger partial charge on any atom is -0.289 e. The number of halogens is 2. The van der Waals surface area contributed by atoms with E-state index in [9.17, 15) is 13.6 Å². The molecule has 20 heavy (non-hydrogen) atoms. The molecule has 0 unspecified atom stereocenters. The minimum absolute atomic E-state index is 0.520. The number of carbonyl (C=O) groups is 1. The maximum atomic E-state index is 13.4. The summed E-state index contributed by atoms with van der Waals surface area (Å²) in [4.78, 5) is 11.8. The summed E-state index contributed by atoms with van der Waals surface area (Å²) in [5.74, 6) is -2.37. The molecule has 0 N–H and O–H groups in total. The van der Waals surface area contributed by atoms with Gasteiger partial charge in [-0.1, -0.05) is 43.3 Å². The van der Waals surface area contributed by atoms with E-state index >= 15 is 0 Å². The Morgan fingerprint density at radius 3 is 2.20 bits per heavy atom. The van der Waals surface area contributed by atoms with Gasteiger partial charge >= 0.3 is 0 Å². The van der Waals surface area contributed by atoms with Gasteiger partial charge in [0.1, 0.15) is 11.6 Å². The monoisotopic (exact) mass is 272 g/mol. The number of hydrogen-bond donors (Lipinski definition) is 0. The molecule has 0 saturated carbocycles. The van der Waals surface area contributed by atoms with Crippen molar-refractivity contribution in [2.75, 3.05) is 0 Å². The topological polar surface area (TPSA) is 17.1 Å². The summed E-state index contributed by atoms with van der Waals surface area (Å²) >= 11 is 0. The summed E-state index contributed by atoms with van der Waals surface area (Å²) in [5, 5.41) is 0. The van der Waals surface area contributed by atoms with Gasteiger partial charge in [-0.25, -0.2) is 8.78 Å². The average molecular weight is 272 g/mol. The zero-order valence-corrected chi connectivity index (χ0v) is 11.1. The normalized spacial score (nSPS) is 10.9. The highest BCUT2D eigenvalue weighted by Crippen LogP contribution is 2.14. The summed E-state index contributed by atoms with van der Waals surface area (Å²) in [6.45, 7) is 2.05. The molecule has 2 rings (SSSR count). The SMILES string of the molecule is CCc1ccc(/C=C/C(=O)c2c(F)cccc2F)cc1. The fraction of sp³-hybridized carbons (Fsp3) is 0.118. The molecule has 102 valence electrons. The lowest BCUT2D eigenvalue weighted by atomic mass is 10.1. The van der Waals surface area contributed by atoms with Crippen LogP contribution < -0.4 is 0 Å². The maximum absolute atomic E-state index is 13.4. The molecule has 0 aliphatic rings. The van der Waals surface area contributed by atoms with E-state index in [2.05, 4.69) is 6.92 Å². The van der Waals surface area contributed by atoms with Crippen molar-refractivity contribution in [3.8, 4) is 0 Å². The summed E-state index contributed by atoms with van der Waals surface area (Å²) in [7, 11) is 0. The lowest BCUT2D eigenvalue weighted by Gasteiger charge is -2.00. The van der Waals surface area contributed by atoms with E-state index < -0.39 is 23.0 Å². The van der Waals surface area contributed by atoms with Gasteiger partial charge in [0, 0.05) is 0 Å². The molecule has 2 aromatic rings. The number of aryl methyl sites for hydroxylation is 1. The predicted octanol–water partition coefficient (Wildman–Crippen LogP) is 4.42. The molecule has 0 spiro atoms. The third-order valence-corrected chi connectivity index (χ3v) is 3.02. The molecule has 0 radical (unpaired) electrons. The lowest BCUT2D eigenvalue weighted by Crippen LogP contribution is -2.02. The van der Waals surface area contributed by atoms with Crippen molar-refractivity contribution < 1.29 is 13.6 Å². The van der Waals surface area contributed by atoms with E-state index in [0.29, 0.717) is 0 Å². The van der Waals surface area contributed by atoms with Gasteiger partial charge in [0.2, 0.25) is 0 Å². The van der Waals surface area contributed by atoms with Gasteiger partial charge in [-0.05, 0) is 35.8 Å². The molecule has 0 saturated heterocycles. The quantitative estimate of drug-likeness (QED) is 0.594. The highest BCUT2D eigenvalue weighted by molar-refractivity contribution is 6.07. The Morgan fingerprint density at radius 1 is 1.05 bits per heavy atom. The molecule has 0 aromatic heterocycles. The molecular formula is C17H14F2O. The standard InChI is InChI=1S/C17H14F2O/c1-2-12-6-8-13(9-7-12)10-11-16(20)17-14(18)4-3-5-15(17)19/h3-11H,2H2,1H3/b11-10+. The molecular weight excluding hydrogens is 258 g/mol. The first kappa shape index (κ1) is 14.1. The van der Waals surface area contributed by atoms with E-state index in [1.54, 1.807) is 6.08 Å². The van der Waals surface area contributed by atoms with Gasteiger partial charge in [0.05, 0.1) is 5.56 Å². The molecule has 2 aromatic carbocycles. The van der Waals surface area contributed by atoms with Gasteiger partial charge in [0.15, 0.2) is 5.78 Å². The fourth-order valence-corrected chi connectivity index (χ4v) is 1.85. The van der Waals surface area contributed by atoms with Gasteiger partial charge in [-0.2, -0.15) is 0 Å². The van der Waals surface area contributed by atoms with E-state index in [0.717, 1.165) is 24.1 Å². The van der Waals surface area contributed by atoms with Gasteiger partial charge in [0.25, 0.3) is 0 Å². The summed E-state index contributed by atoms with van der Waals surface area (Å²) < 4.78 is 26.9. The number of benzene rings is 2. The van der Waals surface area contributed by atoms with Crippen molar-refractivity contribution >= 4 is 11.9 Å². The second-order valence-corrected chi connectivity index (χ2v) is 4.39. The third kappa shape index (κ3) is 3.18. The van der Waals surface area contributed by atoms with Crippen LogP contribution in [0.5, 0.6) is 0 Å². The Hall–Kier alpha value is -2.29. The van der Waals surface area contributed by atoms with Crippen molar-refractivity contribution in [2.45, 2.75) is 13.3 Å². The van der Waals surface area contributed by atoms with Crippen molar-refractivity contribution in [1.82, 2.24) is 0 Å². The molecule has 1 nitrogen and oxygen atoms in total. The Labute approximate surface area is 116 Å². The predicted molar refractivity (Wildman–Crippen MR) is 75.5 cm³/mol. The fourth-order valence-electron chi connectivity index (χ4n) is 1.85. The van der Waals surface area contributed by atoms with Crippen LogP contribution in [0.25, 0.3) is 6.08 Å². The van der Waals surface area contributed by atoms with Crippen LogP contribution in [-0.2, 0) is 6.42 Å². The maximum Gasteiger partial charge on any atom is 0.191 e. The second-order valence-electron chi connectivity index (χ2n) is 4.39. The van der Waals surface area contributed by atoms with Crippen LogP contribution in [0.15, 0.2) is 48.5 Å². The Bertz CT molecular complexity index is 622. The summed E-state index contributed by atoms with van der Waals surface area (Å²) in [5.41, 5.74) is 1.48. The molecule has 3 heteroatoms. The van der Waals surface area contributed by atoms with Crippen LogP contribution in [-0.4, -0.2) is 5.78 Å². The van der Waals surface area contributed by atoms with Crippen molar-refractivity contribution in [1.29, 1.82) is 0 Å². The van der Waals surface area contributed by atoms with E-state index in [1.165, 1.54) is 17.7 Å². The molecule has 0 bridgehead atoms. The van der Waals surface area contributed by atoms with Gasteiger partial charge in [-0.15, -0.1) is 0 Å². The number of ketones is 1. The van der Waals surface area contributed by atoms with Crippen molar-refractivity contribution in [3.63, 3.8) is 0 Å². The highest BCUT2D eigenvalue weighted by atomic mass is 19.1. The van der Waals surface area contributed by atoms with E-state index in [4.69, 9.17) is 0 Å². The van der Waals surface area contributed by atoms with Crippen LogP contribution in [0, 0.1) is 11.6 Å². The molecule has 0 heterocycles.